The van der Waals surface area contributed by atoms with Gasteiger partial charge in [-0.1, -0.05) is 29.8 Å². The minimum atomic E-state index is -4.83. The summed E-state index contributed by atoms with van der Waals surface area (Å²) in [6.45, 7) is 1.51. The van der Waals surface area contributed by atoms with E-state index < -0.39 is 35.8 Å². The standard InChI is InChI=1S/C22H21F3N4O3/c1-14-3-7-16(8-4-14)29-20(22(23,24)25)18(12-28-29)21(31)27-13-19(30)26-11-15-5-9-17(32-2)10-6-15/h3-10,12H,11,13H2,1-2H3,(H,26,30)(H,27,31). The van der Waals surface area contributed by atoms with Gasteiger partial charge in [-0.05, 0) is 36.8 Å². The summed E-state index contributed by atoms with van der Waals surface area (Å²) in [5.74, 6) is -0.928. The van der Waals surface area contributed by atoms with Crippen LogP contribution in [-0.2, 0) is 17.5 Å². The van der Waals surface area contributed by atoms with Gasteiger partial charge in [0.2, 0.25) is 5.91 Å². The van der Waals surface area contributed by atoms with Crippen LogP contribution in [0.15, 0.2) is 54.7 Å². The smallest absolute Gasteiger partial charge is 0.434 e. The van der Waals surface area contributed by atoms with E-state index in [1.165, 1.54) is 19.2 Å². The first-order chi connectivity index (χ1) is 15.2. The van der Waals surface area contributed by atoms with Crippen LogP contribution < -0.4 is 15.4 Å². The molecule has 0 radical (unpaired) electrons. The van der Waals surface area contributed by atoms with Gasteiger partial charge in [0.1, 0.15) is 5.75 Å². The fraction of sp³-hybridized carbons (Fsp3) is 0.227. The van der Waals surface area contributed by atoms with Crippen LogP contribution in [0.2, 0.25) is 0 Å². The summed E-state index contributed by atoms with van der Waals surface area (Å²) >= 11 is 0. The zero-order chi connectivity index (χ0) is 23.3. The van der Waals surface area contributed by atoms with Crippen LogP contribution in [0.5, 0.6) is 5.75 Å². The Morgan fingerprint density at radius 1 is 1.03 bits per heavy atom. The molecule has 0 fully saturated rings. The molecule has 3 rings (SSSR count). The van der Waals surface area contributed by atoms with Crippen molar-refractivity contribution in [3.05, 3.63) is 77.1 Å². The number of amides is 2. The zero-order valence-electron chi connectivity index (χ0n) is 17.4. The minimum absolute atomic E-state index is 0.166. The van der Waals surface area contributed by atoms with Crippen molar-refractivity contribution in [2.45, 2.75) is 19.6 Å². The highest BCUT2D eigenvalue weighted by Gasteiger charge is 2.40. The lowest BCUT2D eigenvalue weighted by Crippen LogP contribution is -2.37. The first-order valence-electron chi connectivity index (χ1n) is 9.59. The molecule has 0 aliphatic carbocycles. The first kappa shape index (κ1) is 22.9. The molecular formula is C22H21F3N4O3. The Kier molecular flexibility index (Phi) is 6.82. The number of carbonyl (C=O) groups excluding carboxylic acids is 2. The van der Waals surface area contributed by atoms with Crippen LogP contribution in [0.1, 0.15) is 27.2 Å². The fourth-order valence-electron chi connectivity index (χ4n) is 2.93. The quantitative estimate of drug-likeness (QED) is 0.584. The first-order valence-corrected chi connectivity index (χ1v) is 9.59. The largest absolute Gasteiger partial charge is 0.497 e. The Balaban J connectivity index is 1.66. The topological polar surface area (TPSA) is 85.2 Å². The molecule has 32 heavy (non-hydrogen) atoms. The lowest BCUT2D eigenvalue weighted by Gasteiger charge is -2.13. The molecule has 0 saturated carbocycles. The molecule has 0 saturated heterocycles. The van der Waals surface area contributed by atoms with E-state index in [0.29, 0.717) is 10.4 Å². The van der Waals surface area contributed by atoms with E-state index in [0.717, 1.165) is 17.3 Å². The van der Waals surface area contributed by atoms with Crippen LogP contribution in [0, 0.1) is 6.92 Å². The average molecular weight is 446 g/mol. The molecule has 0 aliphatic heterocycles. The monoisotopic (exact) mass is 446 g/mol. The Hall–Kier alpha value is -3.82. The van der Waals surface area contributed by atoms with E-state index in [4.69, 9.17) is 4.74 Å². The molecule has 1 aromatic heterocycles. The second-order valence-corrected chi connectivity index (χ2v) is 6.96. The molecule has 10 heteroatoms. The Labute approximate surface area is 182 Å². The van der Waals surface area contributed by atoms with Crippen molar-refractivity contribution in [2.75, 3.05) is 13.7 Å². The second kappa shape index (κ2) is 9.54. The van der Waals surface area contributed by atoms with Gasteiger partial charge >= 0.3 is 6.18 Å². The van der Waals surface area contributed by atoms with E-state index in [9.17, 15) is 22.8 Å². The summed E-state index contributed by atoms with van der Waals surface area (Å²) in [5, 5.41) is 8.55. The third-order valence-electron chi connectivity index (χ3n) is 4.62. The van der Waals surface area contributed by atoms with Crippen molar-refractivity contribution in [1.82, 2.24) is 20.4 Å². The molecule has 0 spiro atoms. The Bertz CT molecular complexity index is 1090. The number of halogens is 3. The van der Waals surface area contributed by atoms with E-state index in [1.54, 1.807) is 43.3 Å². The van der Waals surface area contributed by atoms with Gasteiger partial charge in [-0.2, -0.15) is 18.3 Å². The van der Waals surface area contributed by atoms with Crippen LogP contribution in [0.25, 0.3) is 5.69 Å². The predicted octanol–water partition coefficient (Wildman–Crippen LogP) is 3.25. The van der Waals surface area contributed by atoms with Gasteiger partial charge in [-0.25, -0.2) is 4.68 Å². The SMILES string of the molecule is COc1ccc(CNC(=O)CNC(=O)c2cnn(-c3ccc(C)cc3)c2C(F)(F)F)cc1. The van der Waals surface area contributed by atoms with Gasteiger partial charge in [0, 0.05) is 6.54 Å². The number of ether oxygens (including phenoxy) is 1. The Morgan fingerprint density at radius 3 is 2.28 bits per heavy atom. The summed E-state index contributed by atoms with van der Waals surface area (Å²) in [7, 11) is 1.54. The lowest BCUT2D eigenvalue weighted by atomic mass is 10.2. The molecule has 2 aromatic carbocycles. The predicted molar refractivity (Wildman–Crippen MR) is 110 cm³/mol. The molecule has 0 unspecified atom stereocenters. The summed E-state index contributed by atoms with van der Waals surface area (Å²) in [6.07, 6.45) is -3.99. The third kappa shape index (κ3) is 5.45. The van der Waals surface area contributed by atoms with Crippen molar-refractivity contribution in [3.8, 4) is 11.4 Å². The Morgan fingerprint density at radius 2 is 1.69 bits per heavy atom. The molecule has 1 heterocycles. The number of aryl methyl sites for hydroxylation is 1. The molecular weight excluding hydrogens is 425 g/mol. The molecule has 0 aliphatic rings. The maximum Gasteiger partial charge on any atom is 0.434 e. The van der Waals surface area contributed by atoms with Gasteiger partial charge in [0.15, 0.2) is 5.69 Å². The number of nitrogens with one attached hydrogen (secondary N) is 2. The van der Waals surface area contributed by atoms with Crippen molar-refractivity contribution >= 4 is 11.8 Å². The fourth-order valence-corrected chi connectivity index (χ4v) is 2.93. The molecule has 7 nitrogen and oxygen atoms in total. The van der Waals surface area contributed by atoms with Crippen molar-refractivity contribution in [2.24, 2.45) is 0 Å². The number of benzene rings is 2. The summed E-state index contributed by atoms with van der Waals surface area (Å²) in [6, 6.07) is 13.2. The van der Waals surface area contributed by atoms with Gasteiger partial charge in [0.25, 0.3) is 5.91 Å². The van der Waals surface area contributed by atoms with E-state index in [1.807, 2.05) is 0 Å². The van der Waals surface area contributed by atoms with Gasteiger partial charge < -0.3 is 15.4 Å². The van der Waals surface area contributed by atoms with Crippen molar-refractivity contribution in [1.29, 1.82) is 0 Å². The average Bonchev–Trinajstić information content (AvgIpc) is 3.23. The number of rotatable bonds is 7. The summed E-state index contributed by atoms with van der Waals surface area (Å²) in [5.41, 5.74) is -0.0463. The number of alkyl halides is 3. The highest BCUT2D eigenvalue weighted by molar-refractivity contribution is 5.97. The molecule has 168 valence electrons. The number of hydrogen-bond donors (Lipinski definition) is 2. The van der Waals surface area contributed by atoms with Gasteiger partial charge in [-0.15, -0.1) is 0 Å². The van der Waals surface area contributed by atoms with Crippen LogP contribution in [0.4, 0.5) is 13.2 Å². The molecule has 3 aromatic rings. The number of methoxy groups -OCH3 is 1. The molecule has 2 amide bonds. The lowest BCUT2D eigenvalue weighted by molar-refractivity contribution is -0.143. The summed E-state index contributed by atoms with van der Waals surface area (Å²) in [4.78, 5) is 24.4. The number of hydrogen-bond acceptors (Lipinski definition) is 4. The number of nitrogens with zero attached hydrogens (tertiary/aromatic N) is 2. The van der Waals surface area contributed by atoms with Crippen LogP contribution in [0.3, 0.4) is 0 Å². The highest BCUT2D eigenvalue weighted by atomic mass is 19.4. The number of aromatic nitrogens is 2. The van der Waals surface area contributed by atoms with E-state index in [-0.39, 0.29) is 12.2 Å². The molecule has 0 atom stereocenters. The highest BCUT2D eigenvalue weighted by Crippen LogP contribution is 2.33. The van der Waals surface area contributed by atoms with Crippen molar-refractivity contribution in [3.63, 3.8) is 0 Å². The minimum Gasteiger partial charge on any atom is -0.497 e. The maximum absolute atomic E-state index is 13.7. The third-order valence-corrected chi connectivity index (χ3v) is 4.62. The van der Waals surface area contributed by atoms with Gasteiger partial charge in [0.05, 0.1) is 31.1 Å². The van der Waals surface area contributed by atoms with Crippen LogP contribution in [-0.4, -0.2) is 35.2 Å². The van der Waals surface area contributed by atoms with E-state index in [2.05, 4.69) is 15.7 Å². The molecule has 0 bridgehead atoms. The van der Waals surface area contributed by atoms with E-state index >= 15 is 0 Å². The van der Waals surface area contributed by atoms with Gasteiger partial charge in [-0.3, -0.25) is 9.59 Å². The normalized spacial score (nSPS) is 11.2. The maximum atomic E-state index is 13.7. The van der Waals surface area contributed by atoms with Crippen LogP contribution >= 0.6 is 0 Å². The second-order valence-electron chi connectivity index (χ2n) is 6.96. The number of carbonyl (C=O) groups is 2. The van der Waals surface area contributed by atoms with Crippen molar-refractivity contribution < 1.29 is 27.5 Å². The zero-order valence-corrected chi connectivity index (χ0v) is 17.4. The summed E-state index contributed by atoms with van der Waals surface area (Å²) < 4.78 is 46.8. The molecule has 2 N–H and O–H groups in total.